The summed E-state index contributed by atoms with van der Waals surface area (Å²) in [7, 11) is 1.50. The SMILES string of the molecule is COc1cc(O[C@@H]2O[C@H](CO)[C@@H](O)[C@H](O)[C@H]2O)c2c(O)c(C(C)=O)c3c(c2c1)CC[C@H]1CCC[C@@H]31. The van der Waals surface area contributed by atoms with E-state index in [2.05, 4.69) is 0 Å². The van der Waals surface area contributed by atoms with Crippen LogP contribution in [0, 0.1) is 5.92 Å². The first-order chi connectivity index (χ1) is 16.8. The van der Waals surface area contributed by atoms with Crippen LogP contribution in [0.4, 0.5) is 0 Å². The molecule has 2 aliphatic carbocycles. The van der Waals surface area contributed by atoms with Gasteiger partial charge in [0.2, 0.25) is 6.29 Å². The molecule has 1 aliphatic heterocycles. The molecule has 0 radical (unpaired) electrons. The molecule has 2 fully saturated rings. The molecule has 9 nitrogen and oxygen atoms in total. The number of Topliss-reactive ketones (excluding diaryl/α,β-unsaturated/α-hetero) is 1. The normalized spacial score (nSPS) is 32.2. The third kappa shape index (κ3) is 3.86. The number of carbonyl (C=O) groups is 1. The predicted octanol–water partition coefficient (Wildman–Crippen LogP) is 1.77. The van der Waals surface area contributed by atoms with E-state index in [-0.39, 0.29) is 23.2 Å². The molecular formula is C26H32O9. The van der Waals surface area contributed by atoms with Gasteiger partial charge in [0.1, 0.15) is 41.7 Å². The number of methoxy groups -OCH3 is 1. The van der Waals surface area contributed by atoms with Crippen LogP contribution < -0.4 is 9.47 Å². The molecule has 5 rings (SSSR count). The minimum absolute atomic E-state index is 0.0972. The lowest BCUT2D eigenvalue weighted by Crippen LogP contribution is -2.60. The lowest BCUT2D eigenvalue weighted by molar-refractivity contribution is -0.277. The van der Waals surface area contributed by atoms with Gasteiger partial charge in [-0.3, -0.25) is 4.79 Å². The van der Waals surface area contributed by atoms with Crippen LogP contribution in [0.1, 0.15) is 60.0 Å². The van der Waals surface area contributed by atoms with Crippen LogP contribution in [0.2, 0.25) is 0 Å². The zero-order chi connectivity index (χ0) is 25.0. The topological polar surface area (TPSA) is 146 Å². The fraction of sp³-hybridized carbons (Fsp3) is 0.577. The Hall–Kier alpha value is -2.43. The second kappa shape index (κ2) is 9.22. The molecule has 0 amide bonds. The van der Waals surface area contributed by atoms with Crippen molar-refractivity contribution in [3.05, 3.63) is 28.8 Å². The number of phenols is 1. The molecule has 0 spiro atoms. The Morgan fingerprint density at radius 3 is 2.57 bits per heavy atom. The van der Waals surface area contributed by atoms with Crippen molar-refractivity contribution in [1.82, 2.24) is 0 Å². The zero-order valence-electron chi connectivity index (χ0n) is 19.8. The molecule has 1 saturated heterocycles. The Morgan fingerprint density at radius 1 is 1.11 bits per heavy atom. The standard InChI is InChI=1S/C26H32O9/c1-11(28)19-20-14-5-3-4-12(14)6-7-15(20)16-8-13(33-2)9-17(21(16)23(19)30)34-26-25(32)24(31)22(29)18(10-27)35-26/h8-9,12,14,18,22,24-27,29-32H,3-7,10H2,1-2H3/t12-,14-,18-,22-,24+,25-,26-/m1/s1. The first-order valence-electron chi connectivity index (χ1n) is 12.1. The van der Waals surface area contributed by atoms with E-state index in [1.807, 2.05) is 6.07 Å². The Labute approximate surface area is 202 Å². The number of carbonyl (C=O) groups excluding carboxylic acids is 1. The van der Waals surface area contributed by atoms with E-state index in [0.717, 1.165) is 43.2 Å². The van der Waals surface area contributed by atoms with Crippen molar-refractivity contribution in [3.8, 4) is 17.2 Å². The number of hydrogen-bond acceptors (Lipinski definition) is 9. The van der Waals surface area contributed by atoms with Crippen molar-refractivity contribution in [2.75, 3.05) is 13.7 Å². The van der Waals surface area contributed by atoms with Gasteiger partial charge in [0.25, 0.3) is 0 Å². The fourth-order valence-electron chi connectivity index (χ4n) is 6.25. The minimum atomic E-state index is -1.62. The molecule has 3 aliphatic rings. The average molecular weight is 489 g/mol. The van der Waals surface area contributed by atoms with Gasteiger partial charge < -0.3 is 39.7 Å². The summed E-state index contributed by atoms with van der Waals surface area (Å²) >= 11 is 0. The van der Waals surface area contributed by atoms with Crippen LogP contribution in [0.5, 0.6) is 17.2 Å². The van der Waals surface area contributed by atoms with Gasteiger partial charge in [-0.1, -0.05) is 6.42 Å². The Bertz CT molecular complexity index is 1140. The van der Waals surface area contributed by atoms with E-state index >= 15 is 0 Å². The van der Waals surface area contributed by atoms with Gasteiger partial charge in [-0.05, 0) is 67.0 Å². The molecule has 0 aromatic heterocycles. The molecular weight excluding hydrogens is 456 g/mol. The lowest BCUT2D eigenvalue weighted by atomic mass is 9.72. The summed E-state index contributed by atoms with van der Waals surface area (Å²) in [5.74, 6) is 0.827. The Kier molecular flexibility index (Phi) is 6.39. The largest absolute Gasteiger partial charge is 0.506 e. The van der Waals surface area contributed by atoms with Gasteiger partial charge in [-0.25, -0.2) is 0 Å². The smallest absolute Gasteiger partial charge is 0.229 e. The van der Waals surface area contributed by atoms with Crippen LogP contribution in [0.25, 0.3) is 10.8 Å². The molecule has 1 heterocycles. The third-order valence-electron chi connectivity index (χ3n) is 7.94. The average Bonchev–Trinajstić information content (AvgIpc) is 3.33. The van der Waals surface area contributed by atoms with Crippen LogP contribution in [0.15, 0.2) is 12.1 Å². The molecule has 9 heteroatoms. The van der Waals surface area contributed by atoms with Crippen molar-refractivity contribution in [2.45, 2.75) is 75.7 Å². The summed E-state index contributed by atoms with van der Waals surface area (Å²) in [5.41, 5.74) is 2.21. The number of fused-ring (bicyclic) bond motifs is 5. The molecule has 7 atom stereocenters. The number of aliphatic hydroxyl groups excluding tert-OH is 4. The maximum atomic E-state index is 12.8. The number of aryl methyl sites for hydroxylation is 1. The summed E-state index contributed by atoms with van der Waals surface area (Å²) in [6, 6.07) is 3.33. The van der Waals surface area contributed by atoms with Crippen LogP contribution in [0.3, 0.4) is 0 Å². The summed E-state index contributed by atoms with van der Waals surface area (Å²) in [4.78, 5) is 12.8. The first-order valence-corrected chi connectivity index (χ1v) is 12.1. The number of benzene rings is 2. The second-order valence-electron chi connectivity index (χ2n) is 9.87. The van der Waals surface area contributed by atoms with Crippen LogP contribution in [-0.4, -0.2) is 75.7 Å². The summed E-state index contributed by atoms with van der Waals surface area (Å²) in [5, 5.41) is 52.8. The number of aliphatic hydroxyl groups is 4. The van der Waals surface area contributed by atoms with Gasteiger partial charge >= 0.3 is 0 Å². The number of hydrogen-bond donors (Lipinski definition) is 5. The minimum Gasteiger partial charge on any atom is -0.506 e. The number of aromatic hydroxyl groups is 1. The van der Waals surface area contributed by atoms with Crippen molar-refractivity contribution in [2.24, 2.45) is 5.92 Å². The van der Waals surface area contributed by atoms with Gasteiger partial charge in [0, 0.05) is 6.07 Å². The molecule has 5 N–H and O–H groups in total. The lowest BCUT2D eigenvalue weighted by Gasteiger charge is -2.39. The van der Waals surface area contributed by atoms with Crippen molar-refractivity contribution >= 4 is 16.6 Å². The highest BCUT2D eigenvalue weighted by Crippen LogP contribution is 2.54. The number of ketones is 1. The van der Waals surface area contributed by atoms with Gasteiger partial charge in [0.15, 0.2) is 5.78 Å². The second-order valence-corrected chi connectivity index (χ2v) is 9.87. The summed E-state index contributed by atoms with van der Waals surface area (Å²) in [6.45, 7) is 0.848. The van der Waals surface area contributed by atoms with Gasteiger partial charge in [0.05, 0.1) is 24.7 Å². The van der Waals surface area contributed by atoms with Crippen LogP contribution >= 0.6 is 0 Å². The zero-order valence-corrected chi connectivity index (χ0v) is 19.8. The first kappa shape index (κ1) is 24.3. The molecule has 2 aromatic carbocycles. The predicted molar refractivity (Wildman–Crippen MR) is 125 cm³/mol. The van der Waals surface area contributed by atoms with Crippen molar-refractivity contribution in [1.29, 1.82) is 0 Å². The fourth-order valence-corrected chi connectivity index (χ4v) is 6.25. The Balaban J connectivity index is 1.69. The van der Waals surface area contributed by atoms with Gasteiger partial charge in [-0.2, -0.15) is 0 Å². The molecule has 0 bridgehead atoms. The summed E-state index contributed by atoms with van der Waals surface area (Å²) in [6.07, 6.45) is -2.44. The Morgan fingerprint density at radius 2 is 1.89 bits per heavy atom. The number of rotatable bonds is 5. The molecule has 35 heavy (non-hydrogen) atoms. The molecule has 2 aromatic rings. The van der Waals surface area contributed by atoms with Gasteiger partial charge in [-0.15, -0.1) is 0 Å². The molecule has 190 valence electrons. The number of phenolic OH excluding ortho intramolecular Hbond substituents is 1. The maximum Gasteiger partial charge on any atom is 0.229 e. The highest BCUT2D eigenvalue weighted by Gasteiger charge is 2.45. The van der Waals surface area contributed by atoms with Crippen LogP contribution in [-0.2, 0) is 11.2 Å². The summed E-state index contributed by atoms with van der Waals surface area (Å²) < 4.78 is 17.0. The highest BCUT2D eigenvalue weighted by atomic mass is 16.7. The van der Waals surface area contributed by atoms with E-state index in [0.29, 0.717) is 28.0 Å². The monoisotopic (exact) mass is 488 g/mol. The quantitative estimate of drug-likeness (QED) is 0.397. The highest BCUT2D eigenvalue weighted by molar-refractivity contribution is 6.09. The molecule has 1 saturated carbocycles. The van der Waals surface area contributed by atoms with E-state index in [1.165, 1.54) is 20.1 Å². The molecule has 0 unspecified atom stereocenters. The van der Waals surface area contributed by atoms with E-state index in [4.69, 9.17) is 14.2 Å². The van der Waals surface area contributed by atoms with E-state index in [9.17, 15) is 30.3 Å². The van der Waals surface area contributed by atoms with Crippen molar-refractivity contribution in [3.63, 3.8) is 0 Å². The van der Waals surface area contributed by atoms with Crippen molar-refractivity contribution < 1.29 is 44.5 Å². The number of ether oxygens (including phenoxy) is 3. The third-order valence-corrected chi connectivity index (χ3v) is 7.94. The van der Waals surface area contributed by atoms with E-state index in [1.54, 1.807) is 0 Å². The maximum absolute atomic E-state index is 12.8. The van der Waals surface area contributed by atoms with E-state index < -0.39 is 37.3 Å².